The fourth-order valence-electron chi connectivity index (χ4n) is 1.44. The van der Waals surface area contributed by atoms with E-state index < -0.39 is 17.6 Å². The number of carbonyl (C=O) groups excluding carboxylic acids is 1. The van der Waals surface area contributed by atoms with Crippen molar-refractivity contribution in [2.24, 2.45) is 0 Å². The Labute approximate surface area is 109 Å². The molecule has 0 aromatic heterocycles. The molecule has 0 bridgehead atoms. The predicted octanol–water partition coefficient (Wildman–Crippen LogP) is 4.08. The minimum atomic E-state index is -4.42. The van der Waals surface area contributed by atoms with Gasteiger partial charge in [-0.05, 0) is 31.5 Å². The first-order chi connectivity index (χ1) is 8.84. The first kappa shape index (κ1) is 15.0. The van der Waals surface area contributed by atoms with Gasteiger partial charge in [-0.2, -0.15) is 13.2 Å². The molecule has 1 rings (SSSR count). The maximum atomic E-state index is 12.7. The first-order valence-electron chi connectivity index (χ1n) is 5.63. The van der Waals surface area contributed by atoms with Gasteiger partial charge in [-0.3, -0.25) is 4.79 Å². The van der Waals surface area contributed by atoms with Crippen molar-refractivity contribution in [3.05, 3.63) is 53.6 Å². The zero-order valence-corrected chi connectivity index (χ0v) is 10.6. The van der Waals surface area contributed by atoms with Crippen LogP contribution in [0.15, 0.2) is 42.5 Å². The molecular formula is C14H14F3NO. The van der Waals surface area contributed by atoms with Crippen molar-refractivity contribution in [2.75, 3.05) is 5.32 Å². The van der Waals surface area contributed by atoms with Crippen LogP contribution in [0.4, 0.5) is 18.9 Å². The molecule has 0 aliphatic carbocycles. The molecule has 1 amide bonds. The number of aryl methyl sites for hydroxylation is 1. The number of alkyl halides is 3. The number of amides is 1. The maximum absolute atomic E-state index is 12.7. The molecule has 0 aliphatic rings. The van der Waals surface area contributed by atoms with E-state index in [4.69, 9.17) is 0 Å². The van der Waals surface area contributed by atoms with Crippen molar-refractivity contribution in [1.82, 2.24) is 0 Å². The van der Waals surface area contributed by atoms with Crippen molar-refractivity contribution in [3.8, 4) is 0 Å². The van der Waals surface area contributed by atoms with Gasteiger partial charge in [-0.15, -0.1) is 0 Å². The molecule has 5 heteroatoms. The van der Waals surface area contributed by atoms with E-state index in [1.165, 1.54) is 31.2 Å². The van der Waals surface area contributed by atoms with Crippen LogP contribution in [0.1, 0.15) is 18.1 Å². The van der Waals surface area contributed by atoms with Gasteiger partial charge in [-0.25, -0.2) is 0 Å². The minimum Gasteiger partial charge on any atom is -0.322 e. The van der Waals surface area contributed by atoms with Crippen LogP contribution in [0.5, 0.6) is 0 Å². The Morgan fingerprint density at radius 3 is 2.53 bits per heavy atom. The monoisotopic (exact) mass is 269 g/mol. The second kappa shape index (κ2) is 6.22. The predicted molar refractivity (Wildman–Crippen MR) is 68.8 cm³/mol. The summed E-state index contributed by atoms with van der Waals surface area (Å²) in [5.41, 5.74) is -0.509. The highest BCUT2D eigenvalue weighted by Crippen LogP contribution is 2.33. The summed E-state index contributed by atoms with van der Waals surface area (Å²) in [5.74, 6) is -0.477. The van der Waals surface area contributed by atoms with Crippen LogP contribution in [0.2, 0.25) is 0 Å². The van der Waals surface area contributed by atoms with Gasteiger partial charge < -0.3 is 5.32 Å². The lowest BCUT2D eigenvalue weighted by atomic mass is 10.1. The van der Waals surface area contributed by atoms with Crippen LogP contribution in [0.25, 0.3) is 0 Å². The Morgan fingerprint density at radius 2 is 1.95 bits per heavy atom. The molecule has 0 atom stereocenters. The first-order valence-corrected chi connectivity index (χ1v) is 5.63. The summed E-state index contributed by atoms with van der Waals surface area (Å²) in [6.45, 7) is 3.16. The second-order valence-corrected chi connectivity index (χ2v) is 3.90. The molecule has 0 saturated heterocycles. The van der Waals surface area contributed by atoms with Gasteiger partial charge in [0.15, 0.2) is 0 Å². The van der Waals surface area contributed by atoms with Gasteiger partial charge in [0, 0.05) is 11.8 Å². The second-order valence-electron chi connectivity index (χ2n) is 3.90. The van der Waals surface area contributed by atoms with Crippen molar-refractivity contribution >= 4 is 11.6 Å². The molecule has 0 unspecified atom stereocenters. The van der Waals surface area contributed by atoms with E-state index in [0.717, 1.165) is 6.07 Å². The molecule has 1 N–H and O–H groups in total. The molecule has 0 saturated carbocycles. The van der Waals surface area contributed by atoms with E-state index in [2.05, 4.69) is 5.32 Å². The largest absolute Gasteiger partial charge is 0.416 e. The average Bonchev–Trinajstić information content (AvgIpc) is 2.30. The van der Waals surface area contributed by atoms with Crippen molar-refractivity contribution in [2.45, 2.75) is 20.0 Å². The lowest BCUT2D eigenvalue weighted by Crippen LogP contribution is -2.11. The Morgan fingerprint density at radius 1 is 1.26 bits per heavy atom. The van der Waals surface area contributed by atoms with E-state index >= 15 is 0 Å². The van der Waals surface area contributed by atoms with Gasteiger partial charge in [0.25, 0.3) is 0 Å². The van der Waals surface area contributed by atoms with Crippen molar-refractivity contribution in [3.63, 3.8) is 0 Å². The number of benzene rings is 1. The highest BCUT2D eigenvalue weighted by molar-refractivity contribution is 5.99. The van der Waals surface area contributed by atoms with Crippen molar-refractivity contribution < 1.29 is 18.0 Å². The van der Waals surface area contributed by atoms with Crippen molar-refractivity contribution in [1.29, 1.82) is 0 Å². The Kier molecular flexibility index (Phi) is 4.92. The quantitative estimate of drug-likeness (QED) is 0.650. The third-order valence-electron chi connectivity index (χ3n) is 2.36. The Balaban J connectivity index is 2.89. The topological polar surface area (TPSA) is 29.1 Å². The summed E-state index contributed by atoms with van der Waals surface area (Å²) in [6, 6.07) is 3.69. The standard InChI is InChI=1S/C14H14F3NO/c1-3-4-5-6-13(19)18-11-8-7-10(2)12(9-11)14(15,16)17/h3-9H,1-2H3,(H,18,19)/b4-3+,6-5+. The SMILES string of the molecule is C/C=C/C=C/C(=O)Nc1ccc(C)c(C(F)(F)F)c1. The summed E-state index contributed by atoms with van der Waals surface area (Å²) < 4.78 is 38.0. The number of hydrogen-bond acceptors (Lipinski definition) is 1. The molecule has 0 heterocycles. The number of rotatable bonds is 3. The van der Waals surface area contributed by atoms with Gasteiger partial charge in [0.2, 0.25) is 5.91 Å². The lowest BCUT2D eigenvalue weighted by molar-refractivity contribution is -0.138. The number of halogens is 3. The summed E-state index contributed by atoms with van der Waals surface area (Å²) in [4.78, 5) is 11.4. The molecule has 0 spiro atoms. The molecule has 2 nitrogen and oxygen atoms in total. The smallest absolute Gasteiger partial charge is 0.322 e. The zero-order valence-electron chi connectivity index (χ0n) is 10.6. The van der Waals surface area contributed by atoms with Crippen LogP contribution < -0.4 is 5.32 Å². The molecule has 0 radical (unpaired) electrons. The summed E-state index contributed by atoms with van der Waals surface area (Å²) in [6.07, 6.45) is 1.71. The Hall–Kier alpha value is -2.04. The zero-order chi connectivity index (χ0) is 14.5. The van der Waals surface area contributed by atoms with Crippen LogP contribution >= 0.6 is 0 Å². The number of allylic oxidation sites excluding steroid dienone is 3. The highest BCUT2D eigenvalue weighted by atomic mass is 19.4. The van der Waals surface area contributed by atoms with E-state index in [-0.39, 0.29) is 11.3 Å². The summed E-state index contributed by atoms with van der Waals surface area (Å²) in [5, 5.41) is 2.38. The third kappa shape index (κ3) is 4.62. The lowest BCUT2D eigenvalue weighted by Gasteiger charge is -2.12. The summed E-state index contributed by atoms with van der Waals surface area (Å²) in [7, 11) is 0. The normalized spacial score (nSPS) is 12.3. The molecule has 19 heavy (non-hydrogen) atoms. The Bertz CT molecular complexity index is 516. The third-order valence-corrected chi connectivity index (χ3v) is 2.36. The maximum Gasteiger partial charge on any atom is 0.416 e. The van der Waals surface area contributed by atoms with Gasteiger partial charge in [0.1, 0.15) is 0 Å². The van der Waals surface area contributed by atoms with Crippen LogP contribution in [0.3, 0.4) is 0 Å². The number of nitrogens with one attached hydrogen (secondary N) is 1. The molecule has 1 aromatic carbocycles. The van der Waals surface area contributed by atoms with Crippen LogP contribution in [0, 0.1) is 6.92 Å². The van der Waals surface area contributed by atoms with Crippen LogP contribution in [-0.2, 0) is 11.0 Å². The van der Waals surface area contributed by atoms with Crippen LogP contribution in [-0.4, -0.2) is 5.91 Å². The molecule has 0 aliphatic heterocycles. The molecule has 0 fully saturated rings. The molecular weight excluding hydrogens is 255 g/mol. The fraction of sp³-hybridized carbons (Fsp3) is 0.214. The van der Waals surface area contributed by atoms with E-state index in [9.17, 15) is 18.0 Å². The average molecular weight is 269 g/mol. The highest BCUT2D eigenvalue weighted by Gasteiger charge is 2.32. The minimum absolute atomic E-state index is 0.119. The molecule has 102 valence electrons. The van der Waals surface area contributed by atoms with E-state index in [0.29, 0.717) is 0 Å². The van der Waals surface area contributed by atoms with Gasteiger partial charge >= 0.3 is 6.18 Å². The number of anilines is 1. The van der Waals surface area contributed by atoms with Gasteiger partial charge in [0.05, 0.1) is 5.56 Å². The van der Waals surface area contributed by atoms with E-state index in [1.54, 1.807) is 19.1 Å². The number of carbonyl (C=O) groups is 1. The van der Waals surface area contributed by atoms with E-state index in [1.807, 2.05) is 0 Å². The van der Waals surface area contributed by atoms with Gasteiger partial charge in [-0.1, -0.05) is 24.3 Å². The number of hydrogen-bond donors (Lipinski definition) is 1. The summed E-state index contributed by atoms with van der Waals surface area (Å²) >= 11 is 0. The molecule has 1 aromatic rings. The fourth-order valence-corrected chi connectivity index (χ4v) is 1.44.